The Labute approximate surface area is 166 Å². The van der Waals surface area contributed by atoms with E-state index < -0.39 is 5.91 Å². The summed E-state index contributed by atoms with van der Waals surface area (Å²) in [7, 11) is 0. The first-order chi connectivity index (χ1) is 14.1. The monoisotopic (exact) mass is 390 g/mol. The van der Waals surface area contributed by atoms with Crippen molar-refractivity contribution in [3.05, 3.63) is 66.0 Å². The molecule has 0 fully saturated rings. The van der Waals surface area contributed by atoms with Gasteiger partial charge in [-0.3, -0.25) is 9.59 Å². The molecule has 1 aliphatic heterocycles. The van der Waals surface area contributed by atoms with Crippen molar-refractivity contribution in [2.45, 2.75) is 6.92 Å². The molecule has 0 atom stereocenters. The molecular weight excluding hydrogens is 372 g/mol. The van der Waals surface area contributed by atoms with Crippen LogP contribution in [0.25, 0.3) is 0 Å². The number of Topliss-reactive ketones (excluding diaryl/α,β-unsaturated/α-hetero) is 1. The molecule has 8 heteroatoms. The van der Waals surface area contributed by atoms with E-state index in [0.717, 1.165) is 0 Å². The van der Waals surface area contributed by atoms with Crippen LogP contribution < -0.4 is 20.1 Å². The van der Waals surface area contributed by atoms with Crippen LogP contribution in [0.5, 0.6) is 11.5 Å². The zero-order valence-corrected chi connectivity index (χ0v) is 15.6. The van der Waals surface area contributed by atoms with E-state index in [9.17, 15) is 9.59 Å². The fourth-order valence-electron chi connectivity index (χ4n) is 2.81. The molecule has 146 valence electrons. The summed E-state index contributed by atoms with van der Waals surface area (Å²) in [5, 5.41) is 5.79. The van der Waals surface area contributed by atoms with Gasteiger partial charge in [0.2, 0.25) is 5.95 Å². The van der Waals surface area contributed by atoms with Crippen LogP contribution in [-0.4, -0.2) is 34.9 Å². The number of ether oxygens (including phenoxy) is 2. The van der Waals surface area contributed by atoms with Crippen molar-refractivity contribution in [2.24, 2.45) is 0 Å². The number of benzene rings is 2. The van der Waals surface area contributed by atoms with Gasteiger partial charge in [-0.1, -0.05) is 12.1 Å². The minimum atomic E-state index is -0.404. The molecule has 1 amide bonds. The van der Waals surface area contributed by atoms with E-state index in [2.05, 4.69) is 20.6 Å². The van der Waals surface area contributed by atoms with Gasteiger partial charge < -0.3 is 20.1 Å². The van der Waals surface area contributed by atoms with E-state index in [1.807, 2.05) is 6.07 Å². The fraction of sp³-hybridized carbons (Fsp3) is 0.143. The fourth-order valence-corrected chi connectivity index (χ4v) is 2.81. The van der Waals surface area contributed by atoms with E-state index in [0.29, 0.717) is 41.7 Å². The van der Waals surface area contributed by atoms with Crippen LogP contribution in [0.15, 0.2) is 54.7 Å². The minimum Gasteiger partial charge on any atom is -0.486 e. The standard InChI is InChI=1S/C21H18N4O4/c1-13(26)14-3-2-4-15(11-14)23-20(27)17-7-8-22-21(25-17)24-16-5-6-18-19(12-16)29-10-9-28-18/h2-8,11-12H,9-10H2,1H3,(H,23,27)(H,22,24,25). The lowest BCUT2D eigenvalue weighted by atomic mass is 10.1. The van der Waals surface area contributed by atoms with E-state index in [-0.39, 0.29) is 17.4 Å². The Morgan fingerprint density at radius 3 is 2.62 bits per heavy atom. The number of hydrogen-bond acceptors (Lipinski definition) is 7. The van der Waals surface area contributed by atoms with E-state index >= 15 is 0 Å². The third kappa shape index (κ3) is 4.32. The molecule has 0 bridgehead atoms. The lowest BCUT2D eigenvalue weighted by Gasteiger charge is -2.19. The lowest BCUT2D eigenvalue weighted by Crippen LogP contribution is -2.16. The van der Waals surface area contributed by atoms with Crippen LogP contribution in [0.1, 0.15) is 27.8 Å². The molecule has 4 rings (SSSR count). The van der Waals surface area contributed by atoms with Crippen molar-refractivity contribution in [2.75, 3.05) is 23.8 Å². The van der Waals surface area contributed by atoms with Gasteiger partial charge in [0.05, 0.1) is 0 Å². The maximum absolute atomic E-state index is 12.5. The highest BCUT2D eigenvalue weighted by Gasteiger charge is 2.13. The zero-order chi connectivity index (χ0) is 20.2. The Hall–Kier alpha value is -3.94. The molecule has 3 aromatic rings. The summed E-state index contributed by atoms with van der Waals surface area (Å²) in [6.07, 6.45) is 1.49. The molecule has 0 aliphatic carbocycles. The predicted molar refractivity (Wildman–Crippen MR) is 107 cm³/mol. The van der Waals surface area contributed by atoms with Gasteiger partial charge in [-0.05, 0) is 37.3 Å². The van der Waals surface area contributed by atoms with Crippen LogP contribution in [0.3, 0.4) is 0 Å². The molecule has 0 unspecified atom stereocenters. The van der Waals surface area contributed by atoms with Crippen LogP contribution in [0.2, 0.25) is 0 Å². The van der Waals surface area contributed by atoms with Crippen LogP contribution >= 0.6 is 0 Å². The number of hydrogen-bond donors (Lipinski definition) is 2. The van der Waals surface area contributed by atoms with Crippen molar-refractivity contribution < 1.29 is 19.1 Å². The second-order valence-corrected chi connectivity index (χ2v) is 6.34. The molecule has 0 spiro atoms. The largest absolute Gasteiger partial charge is 0.486 e. The van der Waals surface area contributed by atoms with Crippen LogP contribution in [0.4, 0.5) is 17.3 Å². The number of anilines is 3. The summed E-state index contributed by atoms with van der Waals surface area (Å²) in [5.74, 6) is 1.11. The van der Waals surface area contributed by atoms with Crippen LogP contribution in [-0.2, 0) is 0 Å². The highest BCUT2D eigenvalue weighted by Crippen LogP contribution is 2.33. The van der Waals surface area contributed by atoms with Crippen LogP contribution in [0, 0.1) is 0 Å². The third-order valence-corrected chi connectivity index (χ3v) is 4.21. The molecule has 1 aromatic heterocycles. The van der Waals surface area contributed by atoms with Crippen molar-refractivity contribution >= 4 is 29.0 Å². The minimum absolute atomic E-state index is 0.0750. The number of nitrogens with zero attached hydrogens (tertiary/aromatic N) is 2. The van der Waals surface area contributed by atoms with Gasteiger partial charge in [0.25, 0.3) is 5.91 Å². The number of rotatable bonds is 5. The van der Waals surface area contributed by atoms with Gasteiger partial charge in [-0.15, -0.1) is 0 Å². The Balaban J connectivity index is 1.49. The van der Waals surface area contributed by atoms with Gasteiger partial charge in [-0.25, -0.2) is 9.97 Å². The molecule has 2 aromatic carbocycles. The summed E-state index contributed by atoms with van der Waals surface area (Å²) in [6, 6.07) is 13.7. The molecule has 8 nitrogen and oxygen atoms in total. The maximum atomic E-state index is 12.5. The summed E-state index contributed by atoms with van der Waals surface area (Å²) in [5.41, 5.74) is 1.93. The Morgan fingerprint density at radius 1 is 0.966 bits per heavy atom. The molecular formula is C21H18N4O4. The van der Waals surface area contributed by atoms with Crippen molar-refractivity contribution in [1.29, 1.82) is 0 Å². The maximum Gasteiger partial charge on any atom is 0.274 e. The third-order valence-electron chi connectivity index (χ3n) is 4.21. The number of nitrogens with one attached hydrogen (secondary N) is 2. The smallest absolute Gasteiger partial charge is 0.274 e. The van der Waals surface area contributed by atoms with Crippen molar-refractivity contribution in [3.8, 4) is 11.5 Å². The summed E-state index contributed by atoms with van der Waals surface area (Å²) in [6.45, 7) is 2.49. The van der Waals surface area contributed by atoms with Gasteiger partial charge in [0.15, 0.2) is 17.3 Å². The Morgan fingerprint density at radius 2 is 1.79 bits per heavy atom. The number of amides is 1. The van der Waals surface area contributed by atoms with Gasteiger partial charge in [0, 0.05) is 29.2 Å². The molecule has 2 N–H and O–H groups in total. The molecule has 0 radical (unpaired) electrons. The van der Waals surface area contributed by atoms with Gasteiger partial charge in [0.1, 0.15) is 18.9 Å². The average molecular weight is 390 g/mol. The zero-order valence-electron chi connectivity index (χ0n) is 15.6. The number of ketones is 1. The summed E-state index contributed by atoms with van der Waals surface area (Å²) in [4.78, 5) is 32.5. The molecule has 29 heavy (non-hydrogen) atoms. The topological polar surface area (TPSA) is 102 Å². The first kappa shape index (κ1) is 18.4. The van der Waals surface area contributed by atoms with Gasteiger partial charge in [-0.2, -0.15) is 0 Å². The predicted octanol–water partition coefficient (Wildman–Crippen LogP) is 3.45. The first-order valence-electron chi connectivity index (χ1n) is 9.00. The quantitative estimate of drug-likeness (QED) is 0.643. The lowest BCUT2D eigenvalue weighted by molar-refractivity contribution is 0.100. The summed E-state index contributed by atoms with van der Waals surface area (Å²) >= 11 is 0. The Bertz CT molecular complexity index is 1080. The second kappa shape index (κ2) is 7.97. The molecule has 2 heterocycles. The molecule has 1 aliphatic rings. The molecule has 0 saturated heterocycles. The average Bonchev–Trinajstić information content (AvgIpc) is 2.74. The van der Waals surface area contributed by atoms with E-state index in [4.69, 9.17) is 9.47 Å². The van der Waals surface area contributed by atoms with E-state index in [1.165, 1.54) is 19.2 Å². The normalized spacial score (nSPS) is 12.2. The van der Waals surface area contributed by atoms with E-state index in [1.54, 1.807) is 36.4 Å². The molecule has 0 saturated carbocycles. The number of carbonyl (C=O) groups is 2. The van der Waals surface area contributed by atoms with Crippen molar-refractivity contribution in [1.82, 2.24) is 9.97 Å². The number of carbonyl (C=O) groups excluding carboxylic acids is 2. The first-order valence-corrected chi connectivity index (χ1v) is 9.00. The highest BCUT2D eigenvalue weighted by atomic mass is 16.6. The highest BCUT2D eigenvalue weighted by molar-refractivity contribution is 6.04. The number of aromatic nitrogens is 2. The van der Waals surface area contributed by atoms with Crippen molar-refractivity contribution in [3.63, 3.8) is 0 Å². The number of fused-ring (bicyclic) bond motifs is 1. The summed E-state index contributed by atoms with van der Waals surface area (Å²) < 4.78 is 11.1. The SMILES string of the molecule is CC(=O)c1cccc(NC(=O)c2ccnc(Nc3ccc4c(c3)OCCO4)n2)c1. The second-order valence-electron chi connectivity index (χ2n) is 6.34. The van der Waals surface area contributed by atoms with Gasteiger partial charge >= 0.3 is 0 Å². The Kier molecular flexibility index (Phi) is 5.07.